The number of carbonyl (C=O) groups is 2. The Morgan fingerprint density at radius 3 is 2.55 bits per heavy atom. The van der Waals surface area contributed by atoms with Crippen LogP contribution >= 0.6 is 0 Å². The van der Waals surface area contributed by atoms with Gasteiger partial charge in [0, 0.05) is 32.0 Å². The monoisotopic (exact) mass is 430 g/mol. The second kappa shape index (κ2) is 10.7. The first-order valence-electron chi connectivity index (χ1n) is 10.0. The van der Waals surface area contributed by atoms with Crippen molar-refractivity contribution in [2.75, 3.05) is 50.2 Å². The fourth-order valence-corrected chi connectivity index (χ4v) is 3.16. The number of anilines is 2. The highest BCUT2D eigenvalue weighted by Crippen LogP contribution is 2.14. The van der Waals surface area contributed by atoms with E-state index < -0.39 is 5.97 Å². The highest BCUT2D eigenvalue weighted by atomic mass is 16.5. The van der Waals surface area contributed by atoms with Gasteiger partial charge in [-0.15, -0.1) is 0 Å². The molecule has 0 saturated carbocycles. The normalized spacial score (nSPS) is 13.7. The molecule has 1 aromatic carbocycles. The van der Waals surface area contributed by atoms with E-state index in [1.807, 2.05) is 4.90 Å². The molecule has 31 heavy (non-hydrogen) atoms. The van der Waals surface area contributed by atoms with Crippen molar-refractivity contribution >= 4 is 23.5 Å². The maximum Gasteiger partial charge on any atom is 0.338 e. The van der Waals surface area contributed by atoms with E-state index in [2.05, 4.69) is 10.3 Å². The number of benzene rings is 1. The van der Waals surface area contributed by atoms with Gasteiger partial charge in [-0.3, -0.25) is 14.2 Å². The Bertz CT molecular complexity index is 967. The van der Waals surface area contributed by atoms with Gasteiger partial charge in [-0.05, 0) is 31.2 Å². The third kappa shape index (κ3) is 5.89. The van der Waals surface area contributed by atoms with Crippen molar-refractivity contribution in [2.24, 2.45) is 0 Å². The molecule has 1 aromatic heterocycles. The van der Waals surface area contributed by atoms with Crippen LogP contribution in [0.3, 0.4) is 0 Å². The zero-order chi connectivity index (χ0) is 22.2. The molecule has 1 fully saturated rings. The predicted molar refractivity (Wildman–Crippen MR) is 113 cm³/mol. The molecule has 2 aromatic rings. The van der Waals surface area contributed by atoms with E-state index in [1.165, 1.54) is 17.7 Å². The molecule has 2 heterocycles. The van der Waals surface area contributed by atoms with Crippen molar-refractivity contribution < 1.29 is 23.8 Å². The van der Waals surface area contributed by atoms with Crippen molar-refractivity contribution in [3.63, 3.8) is 0 Å². The van der Waals surface area contributed by atoms with Crippen molar-refractivity contribution in [1.82, 2.24) is 9.55 Å². The van der Waals surface area contributed by atoms with Gasteiger partial charge in [-0.1, -0.05) is 0 Å². The Balaban J connectivity index is 1.77. The van der Waals surface area contributed by atoms with Gasteiger partial charge in [0.2, 0.25) is 11.9 Å². The van der Waals surface area contributed by atoms with Gasteiger partial charge < -0.3 is 24.4 Å². The first-order valence-corrected chi connectivity index (χ1v) is 10.0. The lowest BCUT2D eigenvalue weighted by Gasteiger charge is -2.29. The summed E-state index contributed by atoms with van der Waals surface area (Å²) in [6.07, 6.45) is 0. The summed E-state index contributed by atoms with van der Waals surface area (Å²) >= 11 is 0. The van der Waals surface area contributed by atoms with E-state index in [0.717, 1.165) is 0 Å². The Labute approximate surface area is 179 Å². The molecule has 1 aliphatic rings. The summed E-state index contributed by atoms with van der Waals surface area (Å²) in [6.45, 7) is 4.19. The second-order valence-electron chi connectivity index (χ2n) is 6.85. The first-order chi connectivity index (χ1) is 15.0. The van der Waals surface area contributed by atoms with Crippen LogP contribution < -0.4 is 15.8 Å². The van der Waals surface area contributed by atoms with Crippen LogP contribution in [-0.2, 0) is 32.2 Å². The number of methoxy groups -OCH3 is 1. The van der Waals surface area contributed by atoms with Crippen LogP contribution in [0.2, 0.25) is 0 Å². The Kier molecular flexibility index (Phi) is 7.74. The third-order valence-corrected chi connectivity index (χ3v) is 4.61. The zero-order valence-electron chi connectivity index (χ0n) is 17.6. The smallest absolute Gasteiger partial charge is 0.338 e. The molecule has 1 saturated heterocycles. The Hall–Kier alpha value is -3.24. The van der Waals surface area contributed by atoms with E-state index in [0.29, 0.717) is 49.2 Å². The molecular weight excluding hydrogens is 404 g/mol. The summed E-state index contributed by atoms with van der Waals surface area (Å²) in [4.78, 5) is 43.6. The topological polar surface area (TPSA) is 112 Å². The number of hydrogen-bond acceptors (Lipinski definition) is 8. The molecule has 1 N–H and O–H groups in total. The molecule has 0 radical (unpaired) electrons. The number of morpholine rings is 1. The third-order valence-electron chi connectivity index (χ3n) is 4.61. The lowest BCUT2D eigenvalue weighted by molar-refractivity contribution is -0.116. The lowest BCUT2D eigenvalue weighted by atomic mass is 10.2. The largest absolute Gasteiger partial charge is 0.462 e. The number of nitrogens with one attached hydrogen (secondary N) is 1. The minimum Gasteiger partial charge on any atom is -0.462 e. The molecule has 0 bridgehead atoms. The highest BCUT2D eigenvalue weighted by molar-refractivity contribution is 5.93. The number of carbonyl (C=O) groups excluding carboxylic acids is 2. The van der Waals surface area contributed by atoms with Crippen LogP contribution in [0.5, 0.6) is 0 Å². The molecule has 1 aliphatic heterocycles. The number of esters is 1. The van der Waals surface area contributed by atoms with Crippen molar-refractivity contribution in [2.45, 2.75) is 20.1 Å². The van der Waals surface area contributed by atoms with E-state index in [4.69, 9.17) is 14.2 Å². The molecule has 10 heteroatoms. The molecule has 1 amide bonds. The molecule has 10 nitrogen and oxygen atoms in total. The van der Waals surface area contributed by atoms with Gasteiger partial charge in [0.25, 0.3) is 5.56 Å². The summed E-state index contributed by atoms with van der Waals surface area (Å²) in [5, 5.41) is 2.74. The quantitative estimate of drug-likeness (QED) is 0.619. The summed E-state index contributed by atoms with van der Waals surface area (Å²) in [5.41, 5.74) is 1.06. The standard InChI is InChI=1S/C21H26N4O6/c1-3-31-20(28)15-4-6-16(7-5-15)22-18(26)13-25-19(27)12-17(14-29-2)23-21(25)24-8-10-30-11-9-24/h4-7,12H,3,8-11,13-14H2,1-2H3,(H,22,26). The molecule has 0 atom stereocenters. The molecule has 0 aliphatic carbocycles. The van der Waals surface area contributed by atoms with Crippen LogP contribution in [0.25, 0.3) is 0 Å². The van der Waals surface area contributed by atoms with Gasteiger partial charge in [0.05, 0.1) is 37.7 Å². The number of rotatable bonds is 8. The number of ether oxygens (including phenoxy) is 3. The Morgan fingerprint density at radius 1 is 1.19 bits per heavy atom. The second-order valence-corrected chi connectivity index (χ2v) is 6.85. The first kappa shape index (κ1) is 22.4. The number of nitrogens with zero attached hydrogens (tertiary/aromatic N) is 3. The van der Waals surface area contributed by atoms with E-state index in [1.54, 1.807) is 31.2 Å². The molecule has 0 spiro atoms. The summed E-state index contributed by atoms with van der Waals surface area (Å²) in [5.74, 6) is -0.401. The Morgan fingerprint density at radius 2 is 1.90 bits per heavy atom. The predicted octanol–water partition coefficient (Wildman–Crippen LogP) is 1.04. The maximum absolute atomic E-state index is 12.7. The minimum atomic E-state index is -0.427. The van der Waals surface area contributed by atoms with Crippen LogP contribution in [0.4, 0.5) is 11.6 Å². The van der Waals surface area contributed by atoms with Gasteiger partial charge in [-0.2, -0.15) is 0 Å². The van der Waals surface area contributed by atoms with E-state index >= 15 is 0 Å². The van der Waals surface area contributed by atoms with Crippen molar-refractivity contribution in [1.29, 1.82) is 0 Å². The van der Waals surface area contributed by atoms with Gasteiger partial charge in [-0.25, -0.2) is 9.78 Å². The number of hydrogen-bond donors (Lipinski definition) is 1. The molecule has 3 rings (SSSR count). The summed E-state index contributed by atoms with van der Waals surface area (Å²) in [6, 6.07) is 7.72. The number of amides is 1. The van der Waals surface area contributed by atoms with Gasteiger partial charge >= 0.3 is 5.97 Å². The average Bonchev–Trinajstić information content (AvgIpc) is 2.77. The molecule has 0 unspecified atom stereocenters. The van der Waals surface area contributed by atoms with Gasteiger partial charge in [0.15, 0.2) is 0 Å². The summed E-state index contributed by atoms with van der Waals surface area (Å²) in [7, 11) is 1.53. The van der Waals surface area contributed by atoms with Crippen LogP contribution in [0.15, 0.2) is 35.1 Å². The minimum absolute atomic E-state index is 0.201. The zero-order valence-corrected chi connectivity index (χ0v) is 17.6. The SMILES string of the molecule is CCOC(=O)c1ccc(NC(=O)Cn2c(N3CCOCC3)nc(COC)cc2=O)cc1. The van der Waals surface area contributed by atoms with Crippen LogP contribution in [0, 0.1) is 0 Å². The van der Waals surface area contributed by atoms with Crippen LogP contribution in [0.1, 0.15) is 23.0 Å². The lowest BCUT2D eigenvalue weighted by Crippen LogP contribution is -2.42. The summed E-state index contributed by atoms with van der Waals surface area (Å²) < 4.78 is 16.8. The number of aromatic nitrogens is 2. The van der Waals surface area contributed by atoms with Gasteiger partial charge in [0.1, 0.15) is 6.54 Å². The molecule has 166 valence electrons. The highest BCUT2D eigenvalue weighted by Gasteiger charge is 2.20. The fraction of sp³-hybridized carbons (Fsp3) is 0.429. The molecular formula is C21H26N4O6. The maximum atomic E-state index is 12.7. The average molecular weight is 430 g/mol. The van der Waals surface area contributed by atoms with Crippen molar-refractivity contribution in [3.8, 4) is 0 Å². The van der Waals surface area contributed by atoms with E-state index in [9.17, 15) is 14.4 Å². The fourth-order valence-electron chi connectivity index (χ4n) is 3.16. The van der Waals surface area contributed by atoms with E-state index in [-0.39, 0.29) is 31.2 Å². The van der Waals surface area contributed by atoms with Crippen LogP contribution in [-0.4, -0.2) is 61.4 Å². The van der Waals surface area contributed by atoms with Crippen molar-refractivity contribution in [3.05, 3.63) is 51.9 Å².